The molecule has 0 aliphatic heterocycles. The van der Waals surface area contributed by atoms with E-state index in [4.69, 9.17) is 16.3 Å². The highest BCUT2D eigenvalue weighted by Gasteiger charge is 2.11. The quantitative estimate of drug-likeness (QED) is 0.445. The molecule has 0 fully saturated rings. The maximum absolute atomic E-state index is 11.6. The first-order valence-electron chi connectivity index (χ1n) is 8.17. The molecule has 0 saturated heterocycles. The fraction of sp³-hybridized carbons (Fsp3) is 0.211. The molecule has 0 spiro atoms. The molecule has 0 heterocycles. The maximum Gasteiger partial charge on any atom is 0.329 e. The Kier molecular flexibility index (Phi) is 7.64. The van der Waals surface area contributed by atoms with Crippen LogP contribution in [0.3, 0.4) is 0 Å². The highest BCUT2D eigenvalue weighted by Crippen LogP contribution is 2.18. The predicted molar refractivity (Wildman–Crippen MR) is 101 cm³/mol. The van der Waals surface area contributed by atoms with E-state index in [-0.39, 0.29) is 0 Å². The van der Waals surface area contributed by atoms with Gasteiger partial charge in [-0.15, -0.1) is 0 Å². The molecule has 0 aliphatic carbocycles. The second kappa shape index (κ2) is 10.2. The van der Waals surface area contributed by atoms with Gasteiger partial charge in [0.1, 0.15) is 12.4 Å². The number of carbonyl (C=O) groups is 2. The van der Waals surface area contributed by atoms with E-state index in [1.165, 1.54) is 6.21 Å². The molecule has 0 aliphatic rings. The van der Waals surface area contributed by atoms with Crippen LogP contribution in [0.5, 0.6) is 5.75 Å². The third kappa shape index (κ3) is 6.22. The number of rotatable bonds is 7. The number of hydrogen-bond donors (Lipinski definition) is 2. The number of para-hydroxylation sites is 1. The van der Waals surface area contributed by atoms with Crippen molar-refractivity contribution in [3.05, 3.63) is 64.7 Å². The van der Waals surface area contributed by atoms with E-state index in [1.807, 2.05) is 37.3 Å². The predicted octanol–water partition coefficient (Wildman–Crippen LogP) is 2.90. The number of benzene rings is 2. The van der Waals surface area contributed by atoms with Crippen LogP contribution >= 0.6 is 11.6 Å². The summed E-state index contributed by atoms with van der Waals surface area (Å²) in [7, 11) is 0. The highest BCUT2D eigenvalue weighted by molar-refractivity contribution is 6.35. The van der Waals surface area contributed by atoms with Crippen LogP contribution in [0.2, 0.25) is 5.02 Å². The summed E-state index contributed by atoms with van der Waals surface area (Å²) in [5, 5.41) is 6.93. The van der Waals surface area contributed by atoms with Crippen molar-refractivity contribution in [3.63, 3.8) is 0 Å². The van der Waals surface area contributed by atoms with Crippen molar-refractivity contribution in [2.75, 3.05) is 6.54 Å². The summed E-state index contributed by atoms with van der Waals surface area (Å²) in [6.45, 7) is 2.68. The summed E-state index contributed by atoms with van der Waals surface area (Å²) >= 11 is 5.96. The van der Waals surface area contributed by atoms with E-state index >= 15 is 0 Å². The Balaban J connectivity index is 1.95. The lowest BCUT2D eigenvalue weighted by Gasteiger charge is -2.09. The van der Waals surface area contributed by atoms with E-state index in [9.17, 15) is 9.59 Å². The first kappa shape index (κ1) is 19.5. The molecule has 26 heavy (non-hydrogen) atoms. The molecule has 2 N–H and O–H groups in total. The van der Waals surface area contributed by atoms with Gasteiger partial charge in [-0.2, -0.15) is 5.10 Å². The Hall–Kier alpha value is -2.86. The second-order valence-electron chi connectivity index (χ2n) is 5.41. The van der Waals surface area contributed by atoms with Crippen LogP contribution < -0.4 is 15.5 Å². The van der Waals surface area contributed by atoms with Crippen LogP contribution in [0.25, 0.3) is 0 Å². The van der Waals surface area contributed by atoms with Crippen molar-refractivity contribution in [1.29, 1.82) is 0 Å². The van der Waals surface area contributed by atoms with Gasteiger partial charge in [0.2, 0.25) is 0 Å². The van der Waals surface area contributed by atoms with Crippen molar-refractivity contribution in [2.24, 2.45) is 5.10 Å². The molecule has 0 aromatic heterocycles. The fourth-order valence-corrected chi connectivity index (χ4v) is 2.25. The van der Waals surface area contributed by atoms with Crippen LogP contribution in [-0.2, 0) is 16.2 Å². The van der Waals surface area contributed by atoms with Gasteiger partial charge in [0.25, 0.3) is 0 Å². The molecule has 0 bridgehead atoms. The molecule has 2 amide bonds. The van der Waals surface area contributed by atoms with E-state index in [1.54, 1.807) is 18.2 Å². The number of hydrogen-bond acceptors (Lipinski definition) is 4. The zero-order valence-electron chi connectivity index (χ0n) is 14.4. The Labute approximate surface area is 157 Å². The molecule has 2 aromatic rings. The lowest BCUT2D eigenvalue weighted by atomic mass is 10.2. The summed E-state index contributed by atoms with van der Waals surface area (Å²) in [4.78, 5) is 23.1. The molecule has 7 heteroatoms. The average molecular weight is 374 g/mol. The summed E-state index contributed by atoms with van der Waals surface area (Å²) in [6.07, 6.45) is 2.18. The lowest BCUT2D eigenvalue weighted by Crippen LogP contribution is -2.38. The van der Waals surface area contributed by atoms with Crippen LogP contribution in [0.1, 0.15) is 24.5 Å². The van der Waals surface area contributed by atoms with Crippen molar-refractivity contribution in [3.8, 4) is 5.75 Å². The summed E-state index contributed by atoms with van der Waals surface area (Å²) in [5.74, 6) is -0.928. The molecule has 0 saturated carbocycles. The Morgan fingerprint density at radius 2 is 1.96 bits per heavy atom. The zero-order valence-corrected chi connectivity index (χ0v) is 15.1. The number of halogens is 1. The van der Waals surface area contributed by atoms with Crippen LogP contribution in [-0.4, -0.2) is 24.6 Å². The Morgan fingerprint density at radius 1 is 1.15 bits per heavy atom. The van der Waals surface area contributed by atoms with Gasteiger partial charge in [-0.25, -0.2) is 5.43 Å². The summed E-state index contributed by atoms with van der Waals surface area (Å²) in [5.41, 5.74) is 3.80. The van der Waals surface area contributed by atoms with Gasteiger partial charge in [0, 0.05) is 17.1 Å². The SMILES string of the molecule is CCCNC(=O)C(=O)N/N=C\c1ccccc1OCc1cccc(Cl)c1. The lowest BCUT2D eigenvalue weighted by molar-refractivity contribution is -0.139. The number of hydrazone groups is 1. The maximum atomic E-state index is 11.6. The molecule has 6 nitrogen and oxygen atoms in total. The normalized spacial score (nSPS) is 10.5. The van der Waals surface area contributed by atoms with Gasteiger partial charge in [-0.3, -0.25) is 9.59 Å². The largest absolute Gasteiger partial charge is 0.488 e. The van der Waals surface area contributed by atoms with Crippen LogP contribution in [0.15, 0.2) is 53.6 Å². The first-order valence-corrected chi connectivity index (χ1v) is 8.55. The number of ether oxygens (including phenoxy) is 1. The Bertz CT molecular complexity index is 793. The third-order valence-electron chi connectivity index (χ3n) is 3.31. The molecular formula is C19H20ClN3O3. The second-order valence-corrected chi connectivity index (χ2v) is 5.85. The van der Waals surface area contributed by atoms with Crippen LogP contribution in [0, 0.1) is 0 Å². The topological polar surface area (TPSA) is 79.8 Å². The van der Waals surface area contributed by atoms with Crippen molar-refractivity contribution in [2.45, 2.75) is 20.0 Å². The molecular weight excluding hydrogens is 354 g/mol. The Morgan fingerprint density at radius 3 is 2.73 bits per heavy atom. The van der Waals surface area contributed by atoms with Crippen LogP contribution in [0.4, 0.5) is 0 Å². The van der Waals surface area contributed by atoms with E-state index in [0.29, 0.717) is 29.5 Å². The highest BCUT2D eigenvalue weighted by atomic mass is 35.5. The van der Waals surface area contributed by atoms with Gasteiger partial charge in [-0.05, 0) is 36.2 Å². The van der Waals surface area contributed by atoms with E-state index in [0.717, 1.165) is 12.0 Å². The summed E-state index contributed by atoms with van der Waals surface area (Å²) < 4.78 is 5.79. The van der Waals surface area contributed by atoms with Crippen molar-refractivity contribution in [1.82, 2.24) is 10.7 Å². The third-order valence-corrected chi connectivity index (χ3v) is 3.55. The van der Waals surface area contributed by atoms with Crippen molar-refractivity contribution >= 4 is 29.6 Å². The molecule has 0 atom stereocenters. The van der Waals surface area contributed by atoms with E-state index < -0.39 is 11.8 Å². The molecule has 0 radical (unpaired) electrons. The monoisotopic (exact) mass is 373 g/mol. The minimum atomic E-state index is -0.813. The van der Waals surface area contributed by atoms with Gasteiger partial charge in [0.15, 0.2) is 0 Å². The molecule has 0 unspecified atom stereocenters. The van der Waals surface area contributed by atoms with Gasteiger partial charge >= 0.3 is 11.8 Å². The molecule has 136 valence electrons. The minimum absolute atomic E-state index is 0.344. The van der Waals surface area contributed by atoms with Gasteiger partial charge in [0.05, 0.1) is 6.21 Å². The smallest absolute Gasteiger partial charge is 0.329 e. The number of amides is 2. The van der Waals surface area contributed by atoms with Gasteiger partial charge in [-0.1, -0.05) is 42.8 Å². The average Bonchev–Trinajstić information content (AvgIpc) is 2.65. The minimum Gasteiger partial charge on any atom is -0.488 e. The number of carbonyl (C=O) groups excluding carboxylic acids is 2. The summed E-state index contributed by atoms with van der Waals surface area (Å²) in [6, 6.07) is 14.6. The molecule has 2 rings (SSSR count). The van der Waals surface area contributed by atoms with Gasteiger partial charge < -0.3 is 10.1 Å². The first-order chi connectivity index (χ1) is 12.6. The number of nitrogens with zero attached hydrogens (tertiary/aromatic N) is 1. The zero-order chi connectivity index (χ0) is 18.8. The van der Waals surface area contributed by atoms with Crippen molar-refractivity contribution < 1.29 is 14.3 Å². The molecule has 2 aromatic carbocycles. The van der Waals surface area contributed by atoms with E-state index in [2.05, 4.69) is 15.8 Å². The fourth-order valence-electron chi connectivity index (χ4n) is 2.04. The standard InChI is InChI=1S/C19H20ClN3O3/c1-2-10-21-18(24)19(25)23-22-12-15-7-3-4-9-17(15)26-13-14-6-5-8-16(20)11-14/h3-9,11-12H,2,10,13H2,1H3,(H,21,24)(H,23,25)/b22-12-. The number of nitrogens with one attached hydrogen (secondary N) is 2.